The highest BCUT2D eigenvalue weighted by Crippen LogP contribution is 2.28. The smallest absolute Gasteiger partial charge is 0.260 e. The summed E-state index contributed by atoms with van der Waals surface area (Å²) in [6.07, 6.45) is 0.504. The first kappa shape index (κ1) is 13.3. The van der Waals surface area contributed by atoms with Crippen molar-refractivity contribution in [1.29, 1.82) is 0 Å². The van der Waals surface area contributed by atoms with E-state index in [0.29, 0.717) is 17.5 Å². The Labute approximate surface area is 99.8 Å². The second kappa shape index (κ2) is 5.02. The Morgan fingerprint density at radius 2 is 2.00 bits per heavy atom. The number of hydrogen-bond donors (Lipinski definition) is 2. The number of aromatic hydroxyl groups is 1. The molecule has 0 saturated heterocycles. The molecule has 0 aliphatic heterocycles. The fraction of sp³-hybridized carbons (Fsp3) is 0.500. The van der Waals surface area contributed by atoms with E-state index in [1.54, 1.807) is 20.8 Å². The topological polar surface area (TPSA) is 66.8 Å². The van der Waals surface area contributed by atoms with Gasteiger partial charge in [0, 0.05) is 5.56 Å². The summed E-state index contributed by atoms with van der Waals surface area (Å²) in [7, 11) is 0. The van der Waals surface area contributed by atoms with Crippen LogP contribution >= 0.6 is 0 Å². The Balaban J connectivity index is 3.68. The molecule has 5 nitrogen and oxygen atoms in total. The van der Waals surface area contributed by atoms with E-state index in [-0.39, 0.29) is 18.2 Å². The minimum absolute atomic E-state index is 0.00667. The van der Waals surface area contributed by atoms with Gasteiger partial charge in [0.15, 0.2) is 5.88 Å². The predicted octanol–water partition coefficient (Wildman–Crippen LogP) is 1.66. The van der Waals surface area contributed by atoms with Crippen LogP contribution in [-0.2, 0) is 0 Å². The number of pyridine rings is 1. The van der Waals surface area contributed by atoms with Crippen LogP contribution in [0.15, 0.2) is 4.79 Å². The molecular formula is C12H16N2O3. The maximum atomic E-state index is 12.0. The van der Waals surface area contributed by atoms with E-state index in [9.17, 15) is 15.0 Å². The quantitative estimate of drug-likeness (QED) is 0.784. The van der Waals surface area contributed by atoms with Crippen molar-refractivity contribution in [2.75, 3.05) is 6.61 Å². The summed E-state index contributed by atoms with van der Waals surface area (Å²) in [6.45, 7) is 11.9. The van der Waals surface area contributed by atoms with Gasteiger partial charge in [-0.1, -0.05) is 6.92 Å². The molecule has 0 saturated carbocycles. The van der Waals surface area contributed by atoms with Gasteiger partial charge >= 0.3 is 0 Å². The van der Waals surface area contributed by atoms with E-state index in [4.69, 9.17) is 6.57 Å². The van der Waals surface area contributed by atoms with Crippen molar-refractivity contribution in [2.24, 2.45) is 0 Å². The second-order valence-corrected chi connectivity index (χ2v) is 3.95. The van der Waals surface area contributed by atoms with Crippen molar-refractivity contribution >= 4 is 5.69 Å². The van der Waals surface area contributed by atoms with Crippen LogP contribution in [0.2, 0.25) is 0 Å². The van der Waals surface area contributed by atoms with Gasteiger partial charge in [0.1, 0.15) is 0 Å². The minimum atomic E-state index is -0.540. The zero-order chi connectivity index (χ0) is 13.2. The van der Waals surface area contributed by atoms with E-state index in [1.807, 2.05) is 0 Å². The number of hydrogen-bond acceptors (Lipinski definition) is 3. The van der Waals surface area contributed by atoms with Crippen LogP contribution in [0.4, 0.5) is 5.69 Å². The van der Waals surface area contributed by atoms with Crippen molar-refractivity contribution in [3.8, 4) is 5.88 Å². The third-order valence-corrected chi connectivity index (χ3v) is 3.06. The number of rotatable bonds is 3. The molecule has 1 rings (SSSR count). The van der Waals surface area contributed by atoms with Gasteiger partial charge in [-0.05, 0) is 25.8 Å². The summed E-state index contributed by atoms with van der Waals surface area (Å²) in [6, 6.07) is -0.498. The average Bonchev–Trinajstić information content (AvgIpc) is 2.32. The third kappa shape index (κ3) is 2.04. The van der Waals surface area contributed by atoms with Crippen molar-refractivity contribution in [1.82, 2.24) is 4.57 Å². The first-order chi connectivity index (χ1) is 7.99. The lowest BCUT2D eigenvalue weighted by atomic mass is 10.1. The lowest BCUT2D eigenvalue weighted by Crippen LogP contribution is -2.27. The first-order valence-corrected chi connectivity index (χ1v) is 5.42. The van der Waals surface area contributed by atoms with E-state index >= 15 is 0 Å². The van der Waals surface area contributed by atoms with E-state index in [2.05, 4.69) is 4.85 Å². The van der Waals surface area contributed by atoms with Crippen LogP contribution in [0, 0.1) is 20.4 Å². The zero-order valence-electron chi connectivity index (χ0n) is 10.2. The minimum Gasteiger partial charge on any atom is -0.494 e. The molecule has 0 spiro atoms. The van der Waals surface area contributed by atoms with Gasteiger partial charge in [-0.3, -0.25) is 9.36 Å². The van der Waals surface area contributed by atoms with Gasteiger partial charge in [0.05, 0.1) is 19.2 Å². The Hall–Kier alpha value is -1.80. The summed E-state index contributed by atoms with van der Waals surface area (Å²) >= 11 is 0. The summed E-state index contributed by atoms with van der Waals surface area (Å²) in [5.74, 6) is -0.166. The SMILES string of the molecule is [C-]#[N+]c1c(C)c(C)c(O)n(C(CC)CO)c1=O. The third-order valence-electron chi connectivity index (χ3n) is 3.06. The van der Waals surface area contributed by atoms with Crippen molar-refractivity contribution in [3.05, 3.63) is 32.9 Å². The Morgan fingerprint density at radius 3 is 2.41 bits per heavy atom. The number of aliphatic hydroxyl groups is 1. The molecule has 5 heteroatoms. The summed E-state index contributed by atoms with van der Waals surface area (Å²) in [5.41, 5.74) is 0.461. The van der Waals surface area contributed by atoms with Crippen molar-refractivity contribution in [3.63, 3.8) is 0 Å². The molecule has 0 bridgehead atoms. The highest BCUT2D eigenvalue weighted by Gasteiger charge is 2.20. The van der Waals surface area contributed by atoms with Gasteiger partial charge < -0.3 is 10.2 Å². The summed E-state index contributed by atoms with van der Waals surface area (Å²) in [4.78, 5) is 15.2. The monoisotopic (exact) mass is 236 g/mol. The van der Waals surface area contributed by atoms with Crippen molar-refractivity contribution < 1.29 is 10.2 Å². The fourth-order valence-corrected chi connectivity index (χ4v) is 1.76. The molecule has 2 N–H and O–H groups in total. The molecule has 1 aromatic rings. The summed E-state index contributed by atoms with van der Waals surface area (Å²) < 4.78 is 1.11. The summed E-state index contributed by atoms with van der Waals surface area (Å²) in [5, 5.41) is 19.2. The highest BCUT2D eigenvalue weighted by atomic mass is 16.3. The molecule has 0 amide bonds. The lowest BCUT2D eigenvalue weighted by molar-refractivity contribution is 0.210. The first-order valence-electron chi connectivity index (χ1n) is 5.42. The number of nitrogens with zero attached hydrogens (tertiary/aromatic N) is 2. The Bertz CT molecular complexity index is 522. The lowest BCUT2D eigenvalue weighted by Gasteiger charge is -2.20. The molecular weight excluding hydrogens is 220 g/mol. The van der Waals surface area contributed by atoms with E-state index < -0.39 is 11.6 Å². The predicted molar refractivity (Wildman–Crippen MR) is 64.5 cm³/mol. The molecule has 0 aromatic carbocycles. The zero-order valence-corrected chi connectivity index (χ0v) is 10.2. The molecule has 0 radical (unpaired) electrons. The van der Waals surface area contributed by atoms with Crippen LogP contribution in [0.5, 0.6) is 5.88 Å². The number of aromatic nitrogens is 1. The molecule has 92 valence electrons. The molecule has 0 aliphatic carbocycles. The van der Waals surface area contributed by atoms with Crippen molar-refractivity contribution in [2.45, 2.75) is 33.2 Å². The highest BCUT2D eigenvalue weighted by molar-refractivity contribution is 5.55. The fourth-order valence-electron chi connectivity index (χ4n) is 1.76. The Kier molecular flexibility index (Phi) is 3.92. The van der Waals surface area contributed by atoms with E-state index in [1.165, 1.54) is 0 Å². The van der Waals surface area contributed by atoms with Crippen LogP contribution in [0.1, 0.15) is 30.5 Å². The number of aliphatic hydroxyl groups excluding tert-OH is 1. The van der Waals surface area contributed by atoms with Crippen LogP contribution < -0.4 is 5.56 Å². The van der Waals surface area contributed by atoms with Gasteiger partial charge in [0.2, 0.25) is 0 Å². The molecule has 1 heterocycles. The van der Waals surface area contributed by atoms with Crippen LogP contribution in [0.25, 0.3) is 4.85 Å². The molecule has 0 fully saturated rings. The normalized spacial score (nSPS) is 12.2. The molecule has 1 aromatic heterocycles. The standard InChI is InChI=1S/C12H16N2O3/c1-5-9(6-15)14-11(16)8(3)7(2)10(13-4)12(14)17/h9,15-16H,5-6H2,1-3H3. The maximum Gasteiger partial charge on any atom is 0.260 e. The van der Waals surface area contributed by atoms with Gasteiger partial charge in [-0.2, -0.15) is 0 Å². The van der Waals surface area contributed by atoms with Crippen LogP contribution in [-0.4, -0.2) is 21.4 Å². The second-order valence-electron chi connectivity index (χ2n) is 3.95. The van der Waals surface area contributed by atoms with Gasteiger partial charge in [-0.25, -0.2) is 4.85 Å². The average molecular weight is 236 g/mol. The maximum absolute atomic E-state index is 12.0. The Morgan fingerprint density at radius 1 is 1.41 bits per heavy atom. The van der Waals surface area contributed by atoms with E-state index in [0.717, 1.165) is 4.57 Å². The molecule has 0 aliphatic rings. The van der Waals surface area contributed by atoms with Crippen LogP contribution in [0.3, 0.4) is 0 Å². The van der Waals surface area contributed by atoms with Gasteiger partial charge in [-0.15, -0.1) is 0 Å². The van der Waals surface area contributed by atoms with Gasteiger partial charge in [0.25, 0.3) is 11.2 Å². The molecule has 17 heavy (non-hydrogen) atoms. The molecule has 1 unspecified atom stereocenters. The molecule has 1 atom stereocenters. The largest absolute Gasteiger partial charge is 0.494 e.